The lowest BCUT2D eigenvalue weighted by molar-refractivity contribution is -0.124. The minimum Gasteiger partial charge on any atom is -0.484 e. The van der Waals surface area contributed by atoms with Gasteiger partial charge in [-0.15, -0.1) is 0 Å². The first kappa shape index (κ1) is 17.5. The van der Waals surface area contributed by atoms with Crippen molar-refractivity contribution in [2.75, 3.05) is 13.2 Å². The molecule has 0 saturated heterocycles. The second-order valence-electron chi connectivity index (χ2n) is 4.73. The second-order valence-corrected chi connectivity index (χ2v) is 4.73. The number of benzene rings is 1. The Bertz CT molecular complexity index is 527. The summed E-state index contributed by atoms with van der Waals surface area (Å²) < 4.78 is 9.97. The van der Waals surface area contributed by atoms with Crippen LogP contribution in [0, 0.1) is 0 Å². The van der Waals surface area contributed by atoms with Crippen LogP contribution >= 0.6 is 0 Å². The lowest BCUT2D eigenvalue weighted by atomic mass is 10.2. The van der Waals surface area contributed by atoms with E-state index in [1.54, 1.807) is 0 Å². The summed E-state index contributed by atoms with van der Waals surface area (Å²) in [5.74, 6) is -1.13. The van der Waals surface area contributed by atoms with Gasteiger partial charge in [-0.05, 0) is 37.6 Å². The third-order valence-corrected chi connectivity index (χ3v) is 2.83. The van der Waals surface area contributed by atoms with Gasteiger partial charge in [-0.2, -0.15) is 0 Å². The van der Waals surface area contributed by atoms with Gasteiger partial charge < -0.3 is 20.5 Å². The molecule has 0 aromatic heterocycles. The predicted molar refractivity (Wildman–Crippen MR) is 79.3 cm³/mol. The van der Waals surface area contributed by atoms with Crippen LogP contribution in [0.2, 0.25) is 0 Å². The maximum Gasteiger partial charge on any atom is 0.338 e. The number of carbonyl (C=O) groups excluding carboxylic acids is 3. The largest absolute Gasteiger partial charge is 0.484 e. The first-order valence-electron chi connectivity index (χ1n) is 6.90. The Morgan fingerprint density at radius 3 is 2.36 bits per heavy atom. The Labute approximate surface area is 128 Å². The molecule has 1 rings (SSSR count). The standard InChI is InChI=1S/C15H20N2O5/c1-3-10(2)17-14(19)9-22-15(20)11-4-6-12(7-5-11)21-8-13(16)18/h4-7,10H,3,8-9H2,1-2H3,(H2,16,18)(H,17,19)/t10-/m0/s1. The molecule has 0 heterocycles. The van der Waals surface area contributed by atoms with E-state index in [4.69, 9.17) is 15.2 Å². The van der Waals surface area contributed by atoms with Crippen LogP contribution in [0.15, 0.2) is 24.3 Å². The van der Waals surface area contributed by atoms with Gasteiger partial charge in [0.15, 0.2) is 13.2 Å². The molecule has 1 aromatic rings. The lowest BCUT2D eigenvalue weighted by Crippen LogP contribution is -2.35. The molecule has 0 saturated carbocycles. The first-order valence-corrected chi connectivity index (χ1v) is 6.90. The Hall–Kier alpha value is -2.57. The number of ether oxygens (including phenoxy) is 2. The molecule has 1 atom stereocenters. The van der Waals surface area contributed by atoms with Crippen molar-refractivity contribution < 1.29 is 23.9 Å². The summed E-state index contributed by atoms with van der Waals surface area (Å²) in [4.78, 5) is 33.8. The summed E-state index contributed by atoms with van der Waals surface area (Å²) in [5.41, 5.74) is 5.24. The molecule has 3 N–H and O–H groups in total. The van der Waals surface area contributed by atoms with Gasteiger partial charge in [0.2, 0.25) is 0 Å². The Morgan fingerprint density at radius 1 is 1.18 bits per heavy atom. The summed E-state index contributed by atoms with van der Waals surface area (Å²) in [6.45, 7) is 3.24. The van der Waals surface area contributed by atoms with Crippen LogP contribution in [-0.2, 0) is 14.3 Å². The molecule has 0 unspecified atom stereocenters. The van der Waals surface area contributed by atoms with E-state index in [1.807, 2.05) is 13.8 Å². The number of amides is 2. The predicted octanol–water partition coefficient (Wildman–Crippen LogP) is 0.622. The Morgan fingerprint density at radius 2 is 1.82 bits per heavy atom. The Kier molecular flexibility index (Phi) is 6.88. The second kappa shape index (κ2) is 8.66. The van der Waals surface area contributed by atoms with E-state index in [2.05, 4.69) is 5.32 Å². The first-order chi connectivity index (χ1) is 10.4. The van der Waals surface area contributed by atoms with Crippen molar-refractivity contribution >= 4 is 17.8 Å². The van der Waals surface area contributed by atoms with Crippen molar-refractivity contribution in [1.29, 1.82) is 0 Å². The van der Waals surface area contributed by atoms with Crippen LogP contribution in [0.3, 0.4) is 0 Å². The number of primary amides is 1. The van der Waals surface area contributed by atoms with E-state index in [-0.39, 0.29) is 30.7 Å². The van der Waals surface area contributed by atoms with Crippen LogP contribution < -0.4 is 15.8 Å². The number of carbonyl (C=O) groups is 3. The van der Waals surface area contributed by atoms with Gasteiger partial charge in [0, 0.05) is 6.04 Å². The quantitative estimate of drug-likeness (QED) is 0.685. The normalized spacial score (nSPS) is 11.4. The molecule has 7 nitrogen and oxygen atoms in total. The van der Waals surface area contributed by atoms with Gasteiger partial charge in [-0.3, -0.25) is 9.59 Å². The Balaban J connectivity index is 2.45. The number of nitrogens with two attached hydrogens (primary N) is 1. The molecule has 0 aliphatic rings. The van der Waals surface area contributed by atoms with Crippen molar-refractivity contribution in [2.45, 2.75) is 26.3 Å². The molecule has 0 aliphatic carbocycles. The summed E-state index contributed by atoms with van der Waals surface area (Å²) >= 11 is 0. The molecule has 1 aromatic carbocycles. The molecule has 0 radical (unpaired) electrons. The zero-order valence-electron chi connectivity index (χ0n) is 12.6. The number of nitrogens with one attached hydrogen (secondary N) is 1. The minimum atomic E-state index is -0.610. The van der Waals surface area contributed by atoms with E-state index >= 15 is 0 Å². The fourth-order valence-electron chi connectivity index (χ4n) is 1.47. The highest BCUT2D eigenvalue weighted by molar-refractivity contribution is 5.91. The summed E-state index contributed by atoms with van der Waals surface area (Å²) in [6.07, 6.45) is 0.798. The molecule has 7 heteroatoms. The van der Waals surface area contributed by atoms with Gasteiger partial charge in [-0.25, -0.2) is 4.79 Å². The van der Waals surface area contributed by atoms with Gasteiger partial charge in [-0.1, -0.05) is 6.92 Å². The van der Waals surface area contributed by atoms with Crippen molar-refractivity contribution in [1.82, 2.24) is 5.32 Å². The van der Waals surface area contributed by atoms with Crippen LogP contribution in [-0.4, -0.2) is 37.0 Å². The van der Waals surface area contributed by atoms with Gasteiger partial charge in [0.1, 0.15) is 5.75 Å². The van der Waals surface area contributed by atoms with Crippen molar-refractivity contribution in [3.63, 3.8) is 0 Å². The van der Waals surface area contributed by atoms with Crippen LogP contribution in [0.5, 0.6) is 5.75 Å². The smallest absolute Gasteiger partial charge is 0.338 e. The van der Waals surface area contributed by atoms with Crippen molar-refractivity contribution in [3.8, 4) is 5.75 Å². The lowest BCUT2D eigenvalue weighted by Gasteiger charge is -2.11. The van der Waals surface area contributed by atoms with E-state index in [0.29, 0.717) is 5.75 Å². The number of hydrogen-bond acceptors (Lipinski definition) is 5. The van der Waals surface area contributed by atoms with Crippen molar-refractivity contribution in [2.24, 2.45) is 5.73 Å². The highest BCUT2D eigenvalue weighted by Gasteiger charge is 2.11. The zero-order valence-corrected chi connectivity index (χ0v) is 12.6. The zero-order chi connectivity index (χ0) is 16.5. The molecule has 22 heavy (non-hydrogen) atoms. The van der Waals surface area contributed by atoms with E-state index in [0.717, 1.165) is 6.42 Å². The summed E-state index contributed by atoms with van der Waals surface area (Å²) in [7, 11) is 0. The molecule has 0 bridgehead atoms. The van der Waals surface area contributed by atoms with E-state index < -0.39 is 11.9 Å². The van der Waals surface area contributed by atoms with Crippen LogP contribution in [0.4, 0.5) is 0 Å². The SMILES string of the molecule is CC[C@H](C)NC(=O)COC(=O)c1ccc(OCC(N)=O)cc1. The number of esters is 1. The monoisotopic (exact) mass is 308 g/mol. The highest BCUT2D eigenvalue weighted by atomic mass is 16.5. The summed E-state index contributed by atoms with van der Waals surface area (Å²) in [5, 5.41) is 2.69. The number of rotatable bonds is 8. The maximum atomic E-state index is 11.8. The van der Waals surface area contributed by atoms with Gasteiger partial charge in [0.25, 0.3) is 11.8 Å². The van der Waals surface area contributed by atoms with Gasteiger partial charge >= 0.3 is 5.97 Å². The highest BCUT2D eigenvalue weighted by Crippen LogP contribution is 2.12. The van der Waals surface area contributed by atoms with E-state index in [9.17, 15) is 14.4 Å². The van der Waals surface area contributed by atoms with Crippen LogP contribution in [0.1, 0.15) is 30.6 Å². The molecule has 0 fully saturated rings. The van der Waals surface area contributed by atoms with Gasteiger partial charge in [0.05, 0.1) is 5.56 Å². The third-order valence-electron chi connectivity index (χ3n) is 2.83. The molecule has 2 amide bonds. The maximum absolute atomic E-state index is 11.8. The third kappa shape index (κ3) is 6.25. The average molecular weight is 308 g/mol. The molecular weight excluding hydrogens is 288 g/mol. The topological polar surface area (TPSA) is 108 Å². The van der Waals surface area contributed by atoms with E-state index in [1.165, 1.54) is 24.3 Å². The minimum absolute atomic E-state index is 0.0351. The molecule has 0 aliphatic heterocycles. The van der Waals surface area contributed by atoms with Crippen molar-refractivity contribution in [3.05, 3.63) is 29.8 Å². The van der Waals surface area contributed by atoms with Crippen LogP contribution in [0.25, 0.3) is 0 Å². The number of hydrogen-bond donors (Lipinski definition) is 2. The molecule has 0 spiro atoms. The average Bonchev–Trinajstić information content (AvgIpc) is 2.50. The summed E-state index contributed by atoms with van der Waals surface area (Å²) in [6, 6.07) is 6.02. The fourth-order valence-corrected chi connectivity index (χ4v) is 1.47. The fraction of sp³-hybridized carbons (Fsp3) is 0.400. The molecular formula is C15H20N2O5. The molecule has 120 valence electrons.